The molecule has 1 heterocycles. The Morgan fingerprint density at radius 3 is 2.15 bits per heavy atom. The van der Waals surface area contributed by atoms with Gasteiger partial charge in [-0.1, -0.05) is 11.8 Å². The number of aromatic nitrogens is 2. The molecule has 3 aromatic rings. The molecule has 0 aliphatic heterocycles. The summed E-state index contributed by atoms with van der Waals surface area (Å²) < 4.78 is 40.8. The average molecular weight is 492 g/mol. The van der Waals surface area contributed by atoms with E-state index in [1.54, 1.807) is 18.2 Å². The molecule has 2 N–H and O–H groups in total. The molecule has 0 radical (unpaired) electrons. The molecule has 3 rings (SSSR count). The molecule has 0 saturated heterocycles. The number of aromatic amines is 1. The third-order valence-electron chi connectivity index (χ3n) is 4.38. The number of amides is 1. The first-order chi connectivity index (χ1) is 15.8. The monoisotopic (exact) mass is 491 g/mol. The van der Waals surface area contributed by atoms with Crippen molar-refractivity contribution in [1.29, 1.82) is 0 Å². The van der Waals surface area contributed by atoms with Crippen LogP contribution in [0.4, 0.5) is 5.69 Å². The third kappa shape index (κ3) is 5.84. The molecule has 0 atom stereocenters. The molecule has 0 unspecified atom stereocenters. The van der Waals surface area contributed by atoms with Gasteiger partial charge in [0.2, 0.25) is 15.7 Å². The summed E-state index contributed by atoms with van der Waals surface area (Å²) in [5, 5.41) is 2.80. The number of sulfone groups is 1. The highest BCUT2D eigenvalue weighted by Crippen LogP contribution is 2.26. The summed E-state index contributed by atoms with van der Waals surface area (Å²) in [5.41, 5.74) is -0.361. The molecule has 0 spiro atoms. The van der Waals surface area contributed by atoms with Crippen LogP contribution in [-0.2, 0) is 14.6 Å². The van der Waals surface area contributed by atoms with Crippen molar-refractivity contribution < 1.29 is 27.4 Å². The van der Waals surface area contributed by atoms with Crippen LogP contribution in [0.2, 0.25) is 0 Å². The third-order valence-corrected chi connectivity index (χ3v) is 7.03. The van der Waals surface area contributed by atoms with E-state index in [4.69, 9.17) is 14.2 Å². The van der Waals surface area contributed by atoms with Crippen LogP contribution in [0.5, 0.6) is 17.2 Å². The molecule has 10 nitrogen and oxygen atoms in total. The number of nitrogens with one attached hydrogen (secondary N) is 2. The van der Waals surface area contributed by atoms with Crippen LogP contribution >= 0.6 is 11.8 Å². The summed E-state index contributed by atoms with van der Waals surface area (Å²) in [6, 6.07) is 10.6. The van der Waals surface area contributed by atoms with E-state index in [-0.39, 0.29) is 21.7 Å². The van der Waals surface area contributed by atoms with Crippen LogP contribution in [0.1, 0.15) is 0 Å². The highest BCUT2D eigenvalue weighted by molar-refractivity contribution is 7.99. The number of hydrogen-bond donors (Lipinski definition) is 2. The number of thioether (sulfide) groups is 1. The van der Waals surface area contributed by atoms with Gasteiger partial charge >= 0.3 is 0 Å². The Labute approximate surface area is 194 Å². The minimum absolute atomic E-state index is 0.0656. The first-order valence-corrected chi connectivity index (χ1v) is 11.9. The molecule has 33 heavy (non-hydrogen) atoms. The van der Waals surface area contributed by atoms with Gasteiger partial charge in [0.25, 0.3) is 5.56 Å². The molecule has 2 aromatic carbocycles. The van der Waals surface area contributed by atoms with E-state index in [0.717, 1.165) is 18.0 Å². The number of carbonyl (C=O) groups is 1. The Kier molecular flexibility index (Phi) is 7.61. The lowest BCUT2D eigenvalue weighted by molar-refractivity contribution is -0.113. The van der Waals surface area contributed by atoms with Crippen LogP contribution in [0, 0.1) is 0 Å². The van der Waals surface area contributed by atoms with Gasteiger partial charge in [0, 0.05) is 23.9 Å². The lowest BCUT2D eigenvalue weighted by Gasteiger charge is -2.10. The SMILES string of the molecule is COc1ccc(S(=O)(=O)c2cnc(SCC(=O)Nc3cc(OC)cc(OC)c3)[nH]c2=O)cc1. The fraction of sp³-hybridized carbons (Fsp3) is 0.190. The van der Waals surface area contributed by atoms with E-state index in [2.05, 4.69) is 15.3 Å². The molecule has 1 amide bonds. The largest absolute Gasteiger partial charge is 0.497 e. The van der Waals surface area contributed by atoms with Crippen molar-refractivity contribution in [3.05, 3.63) is 59.0 Å². The summed E-state index contributed by atoms with van der Waals surface area (Å²) in [7, 11) is 0.383. The van der Waals surface area contributed by atoms with Gasteiger partial charge < -0.3 is 24.5 Å². The maximum Gasteiger partial charge on any atom is 0.270 e. The second-order valence-electron chi connectivity index (χ2n) is 6.50. The minimum atomic E-state index is -4.07. The number of methoxy groups -OCH3 is 3. The highest BCUT2D eigenvalue weighted by Gasteiger charge is 2.22. The summed E-state index contributed by atoms with van der Waals surface area (Å²) in [6.45, 7) is 0. The van der Waals surface area contributed by atoms with E-state index < -0.39 is 20.3 Å². The molecule has 0 aliphatic rings. The van der Waals surface area contributed by atoms with Gasteiger partial charge in [-0.05, 0) is 24.3 Å². The van der Waals surface area contributed by atoms with Crippen molar-refractivity contribution in [3.8, 4) is 17.2 Å². The Morgan fingerprint density at radius 2 is 1.61 bits per heavy atom. The van der Waals surface area contributed by atoms with Gasteiger partial charge in [-0.3, -0.25) is 9.59 Å². The molecule has 0 fully saturated rings. The van der Waals surface area contributed by atoms with Gasteiger partial charge in [-0.25, -0.2) is 13.4 Å². The Hall–Kier alpha value is -3.51. The van der Waals surface area contributed by atoms with Gasteiger partial charge in [-0.15, -0.1) is 0 Å². The van der Waals surface area contributed by atoms with Crippen LogP contribution in [0.25, 0.3) is 0 Å². The number of carbonyl (C=O) groups excluding carboxylic acids is 1. The lowest BCUT2D eigenvalue weighted by atomic mass is 10.2. The maximum absolute atomic E-state index is 12.7. The number of hydrogen-bond acceptors (Lipinski definition) is 9. The van der Waals surface area contributed by atoms with Crippen LogP contribution < -0.4 is 25.1 Å². The lowest BCUT2D eigenvalue weighted by Crippen LogP contribution is -2.20. The molecule has 174 valence electrons. The Morgan fingerprint density at radius 1 is 1.00 bits per heavy atom. The molecule has 0 aliphatic carbocycles. The second-order valence-corrected chi connectivity index (χ2v) is 9.38. The molecular formula is C21H21N3O7S2. The molecule has 12 heteroatoms. The fourth-order valence-electron chi connectivity index (χ4n) is 2.72. The fourth-order valence-corrected chi connectivity index (χ4v) is 4.59. The molecule has 0 saturated carbocycles. The van der Waals surface area contributed by atoms with Crippen molar-refractivity contribution in [2.75, 3.05) is 32.4 Å². The maximum atomic E-state index is 12.7. The smallest absolute Gasteiger partial charge is 0.270 e. The van der Waals surface area contributed by atoms with E-state index in [0.29, 0.717) is 22.9 Å². The number of rotatable bonds is 9. The van der Waals surface area contributed by atoms with Gasteiger partial charge in [0.1, 0.15) is 17.2 Å². The highest BCUT2D eigenvalue weighted by atomic mass is 32.2. The van der Waals surface area contributed by atoms with Gasteiger partial charge in [0.05, 0.1) is 38.2 Å². The summed E-state index contributed by atoms with van der Waals surface area (Å²) >= 11 is 0.949. The normalized spacial score (nSPS) is 11.0. The van der Waals surface area contributed by atoms with E-state index in [1.807, 2.05) is 0 Å². The zero-order valence-corrected chi connectivity index (χ0v) is 19.6. The van der Waals surface area contributed by atoms with Gasteiger partial charge in [0.15, 0.2) is 10.1 Å². The van der Waals surface area contributed by atoms with Crippen molar-refractivity contribution in [2.24, 2.45) is 0 Å². The quantitative estimate of drug-likeness (QED) is 0.341. The second kappa shape index (κ2) is 10.4. The molecule has 0 bridgehead atoms. The van der Waals surface area contributed by atoms with Gasteiger partial charge in [-0.2, -0.15) is 0 Å². The Bertz CT molecular complexity index is 1280. The van der Waals surface area contributed by atoms with Crippen LogP contribution in [0.3, 0.4) is 0 Å². The minimum Gasteiger partial charge on any atom is -0.497 e. The van der Waals surface area contributed by atoms with Crippen molar-refractivity contribution >= 4 is 33.2 Å². The van der Waals surface area contributed by atoms with Crippen LogP contribution in [0.15, 0.2) is 68.4 Å². The summed E-state index contributed by atoms with van der Waals surface area (Å²) in [5.74, 6) is 1.06. The zero-order chi connectivity index (χ0) is 24.0. The summed E-state index contributed by atoms with van der Waals surface area (Å²) in [6.07, 6.45) is 0.978. The standard InChI is InChI=1S/C21H21N3O7S2/c1-29-14-4-6-17(7-5-14)33(27,28)18-11-22-21(24-20(18)26)32-12-19(25)23-13-8-15(30-2)10-16(9-13)31-3/h4-11H,12H2,1-3H3,(H,23,25)(H,22,24,26). The molecular weight excluding hydrogens is 470 g/mol. The predicted molar refractivity (Wildman–Crippen MR) is 122 cm³/mol. The van der Waals surface area contributed by atoms with Crippen molar-refractivity contribution in [2.45, 2.75) is 14.9 Å². The van der Waals surface area contributed by atoms with Crippen molar-refractivity contribution in [3.63, 3.8) is 0 Å². The average Bonchev–Trinajstić information content (AvgIpc) is 2.82. The number of nitrogens with zero attached hydrogens (tertiary/aromatic N) is 1. The number of ether oxygens (including phenoxy) is 3. The predicted octanol–water partition coefficient (Wildman–Crippen LogP) is 2.36. The van der Waals surface area contributed by atoms with E-state index >= 15 is 0 Å². The number of benzene rings is 2. The van der Waals surface area contributed by atoms with E-state index in [9.17, 15) is 18.0 Å². The summed E-state index contributed by atoms with van der Waals surface area (Å²) in [4.78, 5) is 30.5. The molecule has 1 aromatic heterocycles. The van der Waals surface area contributed by atoms with E-state index in [1.165, 1.54) is 45.6 Å². The number of H-pyrrole nitrogens is 1. The van der Waals surface area contributed by atoms with Crippen LogP contribution in [-0.4, -0.2) is 51.4 Å². The first-order valence-electron chi connectivity index (χ1n) is 9.41. The number of anilines is 1. The Balaban J connectivity index is 1.69. The van der Waals surface area contributed by atoms with Crippen molar-refractivity contribution in [1.82, 2.24) is 9.97 Å². The topological polar surface area (TPSA) is 137 Å². The zero-order valence-electron chi connectivity index (χ0n) is 17.9. The first kappa shape index (κ1) is 24.1.